The highest BCUT2D eigenvalue weighted by molar-refractivity contribution is 7.89. The van der Waals surface area contributed by atoms with Crippen molar-refractivity contribution in [3.63, 3.8) is 0 Å². The van der Waals surface area contributed by atoms with Crippen LogP contribution in [0.1, 0.15) is 5.56 Å². The number of carbonyl (C=O) groups excluding carboxylic acids is 1. The SMILES string of the molecule is CN(CC(=O)Nc1cc(C(F)(F)F)ccc1-n1cncn1)S(=O)(=O)c1ccc(Cl)cc1. The van der Waals surface area contributed by atoms with Crippen molar-refractivity contribution in [2.75, 3.05) is 18.9 Å². The molecule has 8 nitrogen and oxygen atoms in total. The number of anilines is 1. The van der Waals surface area contributed by atoms with Crippen LogP contribution in [0, 0.1) is 0 Å². The number of likely N-dealkylation sites (N-methyl/N-ethyl adjacent to an activating group) is 1. The van der Waals surface area contributed by atoms with Crippen molar-refractivity contribution in [1.82, 2.24) is 19.1 Å². The number of carbonyl (C=O) groups is 1. The maximum Gasteiger partial charge on any atom is 0.416 e. The lowest BCUT2D eigenvalue weighted by Crippen LogP contribution is -2.35. The van der Waals surface area contributed by atoms with E-state index < -0.39 is 34.2 Å². The fraction of sp³-hybridized carbons (Fsp3) is 0.167. The van der Waals surface area contributed by atoms with Gasteiger partial charge in [0.05, 0.1) is 28.4 Å². The van der Waals surface area contributed by atoms with E-state index in [0.717, 1.165) is 22.5 Å². The van der Waals surface area contributed by atoms with Crippen molar-refractivity contribution < 1.29 is 26.4 Å². The molecule has 0 aliphatic heterocycles. The van der Waals surface area contributed by atoms with Crippen LogP contribution in [-0.4, -0.2) is 47.0 Å². The quantitative estimate of drug-likeness (QED) is 0.593. The summed E-state index contributed by atoms with van der Waals surface area (Å²) in [6.07, 6.45) is -2.22. The Bertz CT molecular complexity index is 1180. The van der Waals surface area contributed by atoms with E-state index in [1.54, 1.807) is 0 Å². The standard InChI is InChI=1S/C18H15ClF3N5O3S/c1-26(31(29,30)14-5-3-13(19)4-6-14)9-17(28)25-15-8-12(18(20,21)22)2-7-16(15)27-11-23-10-24-27/h2-8,10-11H,9H2,1H3,(H,25,28). The summed E-state index contributed by atoms with van der Waals surface area (Å²) in [7, 11) is -2.85. The Hall–Kier alpha value is -2.96. The summed E-state index contributed by atoms with van der Waals surface area (Å²) < 4.78 is 66.5. The first-order chi connectivity index (χ1) is 14.5. The lowest BCUT2D eigenvalue weighted by molar-refractivity contribution is -0.137. The molecule has 3 rings (SSSR count). The van der Waals surface area contributed by atoms with Gasteiger partial charge >= 0.3 is 6.18 Å². The van der Waals surface area contributed by atoms with E-state index in [0.29, 0.717) is 5.02 Å². The maximum absolute atomic E-state index is 13.1. The predicted molar refractivity (Wildman–Crippen MR) is 106 cm³/mol. The molecule has 0 saturated carbocycles. The monoisotopic (exact) mass is 473 g/mol. The largest absolute Gasteiger partial charge is 0.416 e. The minimum atomic E-state index is -4.64. The number of hydrogen-bond donors (Lipinski definition) is 1. The fourth-order valence-electron chi connectivity index (χ4n) is 2.61. The molecule has 0 fully saturated rings. The second kappa shape index (κ2) is 8.65. The van der Waals surface area contributed by atoms with E-state index in [9.17, 15) is 26.4 Å². The molecule has 0 bridgehead atoms. The molecule has 0 aliphatic carbocycles. The first-order valence-electron chi connectivity index (χ1n) is 8.56. The highest BCUT2D eigenvalue weighted by atomic mass is 35.5. The molecule has 13 heteroatoms. The van der Waals surface area contributed by atoms with Gasteiger partial charge in [-0.1, -0.05) is 11.6 Å². The molecule has 3 aromatic rings. The van der Waals surface area contributed by atoms with Crippen LogP contribution < -0.4 is 5.32 Å². The second-order valence-corrected chi connectivity index (χ2v) is 8.81. The van der Waals surface area contributed by atoms with Gasteiger partial charge in [-0.25, -0.2) is 18.1 Å². The Balaban J connectivity index is 1.84. The van der Waals surface area contributed by atoms with E-state index >= 15 is 0 Å². The third kappa shape index (κ3) is 5.21. The third-order valence-corrected chi connectivity index (χ3v) is 6.22. The van der Waals surface area contributed by atoms with Crippen LogP contribution in [0.4, 0.5) is 18.9 Å². The van der Waals surface area contributed by atoms with Gasteiger partial charge in [-0.05, 0) is 42.5 Å². The smallest absolute Gasteiger partial charge is 0.323 e. The molecular weight excluding hydrogens is 459 g/mol. The van der Waals surface area contributed by atoms with E-state index in [4.69, 9.17) is 11.6 Å². The molecule has 164 valence electrons. The molecule has 0 aliphatic rings. The number of amides is 1. The molecule has 2 aromatic carbocycles. The number of halogens is 4. The van der Waals surface area contributed by atoms with Crippen LogP contribution in [0.2, 0.25) is 5.02 Å². The van der Waals surface area contributed by atoms with E-state index in [-0.39, 0.29) is 16.3 Å². The van der Waals surface area contributed by atoms with Crippen molar-refractivity contribution in [3.05, 3.63) is 65.7 Å². The minimum Gasteiger partial charge on any atom is -0.323 e. The Morgan fingerprint density at radius 2 is 1.87 bits per heavy atom. The number of nitrogens with zero attached hydrogens (tertiary/aromatic N) is 4. The van der Waals surface area contributed by atoms with Crippen molar-refractivity contribution in [2.24, 2.45) is 0 Å². The van der Waals surface area contributed by atoms with Crippen LogP contribution in [0.15, 0.2) is 60.0 Å². The number of sulfonamides is 1. The fourth-order valence-corrected chi connectivity index (χ4v) is 3.86. The van der Waals surface area contributed by atoms with Crippen molar-refractivity contribution in [2.45, 2.75) is 11.1 Å². The minimum absolute atomic E-state index is 0.0884. The van der Waals surface area contributed by atoms with Crippen molar-refractivity contribution >= 4 is 33.2 Å². The van der Waals surface area contributed by atoms with Gasteiger partial charge in [0.1, 0.15) is 12.7 Å². The first kappa shape index (κ1) is 22.7. The number of hydrogen-bond acceptors (Lipinski definition) is 5. The first-order valence-corrected chi connectivity index (χ1v) is 10.4. The summed E-state index contributed by atoms with van der Waals surface area (Å²) in [5.41, 5.74) is -1.07. The summed E-state index contributed by atoms with van der Waals surface area (Å²) in [5, 5.41) is 6.51. The van der Waals surface area contributed by atoms with Crippen LogP contribution in [0.3, 0.4) is 0 Å². The Labute approximate surface area is 180 Å². The van der Waals surface area contributed by atoms with Gasteiger partial charge in [0.2, 0.25) is 15.9 Å². The molecule has 1 N–H and O–H groups in total. The lowest BCUT2D eigenvalue weighted by Gasteiger charge is -2.18. The number of aromatic nitrogens is 3. The summed E-state index contributed by atoms with van der Waals surface area (Å²) >= 11 is 5.75. The topological polar surface area (TPSA) is 97.2 Å². The van der Waals surface area contributed by atoms with Gasteiger partial charge in [0.15, 0.2) is 0 Å². The van der Waals surface area contributed by atoms with Crippen LogP contribution >= 0.6 is 11.6 Å². The predicted octanol–water partition coefficient (Wildman–Crippen LogP) is 3.20. The molecule has 0 unspecified atom stereocenters. The van der Waals surface area contributed by atoms with Crippen LogP contribution in [0.25, 0.3) is 5.69 Å². The molecule has 0 saturated heterocycles. The Kier molecular flexibility index (Phi) is 6.34. The van der Waals surface area contributed by atoms with Gasteiger partial charge in [-0.3, -0.25) is 4.79 Å². The van der Waals surface area contributed by atoms with Gasteiger partial charge in [-0.15, -0.1) is 0 Å². The number of benzene rings is 2. The van der Waals surface area contributed by atoms with Crippen LogP contribution in [0.5, 0.6) is 0 Å². The van der Waals surface area contributed by atoms with Gasteiger partial charge < -0.3 is 5.32 Å². The van der Waals surface area contributed by atoms with Gasteiger partial charge in [-0.2, -0.15) is 22.6 Å². The third-order valence-electron chi connectivity index (χ3n) is 4.15. The molecule has 1 amide bonds. The summed E-state index contributed by atoms with van der Waals surface area (Å²) in [5.74, 6) is -0.847. The van der Waals surface area contributed by atoms with Crippen molar-refractivity contribution in [1.29, 1.82) is 0 Å². The average molecular weight is 474 g/mol. The average Bonchev–Trinajstić information content (AvgIpc) is 3.22. The molecule has 0 spiro atoms. The normalized spacial score (nSPS) is 12.2. The molecular formula is C18H15ClF3N5O3S. The molecule has 1 aromatic heterocycles. The zero-order valence-corrected chi connectivity index (χ0v) is 17.4. The Morgan fingerprint density at radius 3 is 2.45 bits per heavy atom. The second-order valence-electron chi connectivity index (χ2n) is 6.33. The number of rotatable bonds is 6. The van der Waals surface area contributed by atoms with E-state index in [1.807, 2.05) is 0 Å². The Morgan fingerprint density at radius 1 is 1.19 bits per heavy atom. The van der Waals surface area contributed by atoms with E-state index in [1.165, 1.54) is 48.6 Å². The lowest BCUT2D eigenvalue weighted by atomic mass is 10.1. The highest BCUT2D eigenvalue weighted by Gasteiger charge is 2.31. The van der Waals surface area contributed by atoms with Crippen LogP contribution in [-0.2, 0) is 21.0 Å². The number of nitrogens with one attached hydrogen (secondary N) is 1. The van der Waals surface area contributed by atoms with Crippen molar-refractivity contribution in [3.8, 4) is 5.69 Å². The molecule has 0 atom stereocenters. The zero-order valence-electron chi connectivity index (χ0n) is 15.8. The van der Waals surface area contributed by atoms with Gasteiger partial charge in [0, 0.05) is 12.1 Å². The number of alkyl halides is 3. The maximum atomic E-state index is 13.1. The summed E-state index contributed by atoms with van der Waals surface area (Å²) in [6.45, 7) is -0.641. The molecule has 31 heavy (non-hydrogen) atoms. The summed E-state index contributed by atoms with van der Waals surface area (Å²) in [6, 6.07) is 8.03. The zero-order chi connectivity index (χ0) is 22.8. The molecule has 1 heterocycles. The molecule has 0 radical (unpaired) electrons. The summed E-state index contributed by atoms with van der Waals surface area (Å²) in [4.78, 5) is 16.1. The van der Waals surface area contributed by atoms with E-state index in [2.05, 4.69) is 15.4 Å². The highest BCUT2D eigenvalue weighted by Crippen LogP contribution is 2.33. The van der Waals surface area contributed by atoms with Gasteiger partial charge in [0.25, 0.3) is 0 Å².